The van der Waals surface area contributed by atoms with E-state index in [0.717, 1.165) is 43.1 Å². The van der Waals surface area contributed by atoms with Crippen LogP contribution in [0.3, 0.4) is 0 Å². The number of aromatic nitrogens is 1. The summed E-state index contributed by atoms with van der Waals surface area (Å²) in [6.07, 6.45) is 2.97. The molecule has 1 fully saturated rings. The highest BCUT2D eigenvalue weighted by molar-refractivity contribution is 6.32. The number of nitrogens with one attached hydrogen (secondary N) is 2. The Morgan fingerprint density at radius 2 is 2.00 bits per heavy atom. The fourth-order valence-corrected chi connectivity index (χ4v) is 5.93. The molecular weight excluding hydrogens is 549 g/mol. The molecule has 0 saturated carbocycles. The topological polar surface area (TPSA) is 110 Å². The van der Waals surface area contributed by atoms with Crippen LogP contribution in [0.2, 0.25) is 5.02 Å². The Kier molecular flexibility index (Phi) is 7.54. The lowest BCUT2D eigenvalue weighted by Gasteiger charge is -2.34. The van der Waals surface area contributed by atoms with Crippen LogP contribution in [-0.4, -0.2) is 76.9 Å². The van der Waals surface area contributed by atoms with Crippen molar-refractivity contribution < 1.29 is 19.0 Å². The van der Waals surface area contributed by atoms with Crippen LogP contribution >= 0.6 is 11.6 Å². The van der Waals surface area contributed by atoms with Gasteiger partial charge in [0.1, 0.15) is 24.3 Å². The van der Waals surface area contributed by atoms with Gasteiger partial charge in [-0.1, -0.05) is 17.7 Å². The Morgan fingerprint density at radius 3 is 2.80 bits per heavy atom. The molecule has 1 saturated heterocycles. The van der Waals surface area contributed by atoms with Gasteiger partial charge >= 0.3 is 0 Å². The zero-order valence-corrected chi connectivity index (χ0v) is 23.4. The van der Waals surface area contributed by atoms with E-state index in [1.807, 2.05) is 11.0 Å². The molecule has 0 radical (unpaired) electrons. The van der Waals surface area contributed by atoms with Crippen LogP contribution < -0.4 is 15.6 Å². The lowest BCUT2D eigenvalue weighted by atomic mass is 10.00. The van der Waals surface area contributed by atoms with E-state index < -0.39 is 11.9 Å². The highest BCUT2D eigenvalue weighted by Crippen LogP contribution is 2.37. The van der Waals surface area contributed by atoms with Crippen LogP contribution in [0.15, 0.2) is 52.4 Å². The summed E-state index contributed by atoms with van der Waals surface area (Å²) in [5, 5.41) is 13.8. The molecule has 1 atom stereocenters. The van der Waals surface area contributed by atoms with E-state index in [-0.39, 0.29) is 41.4 Å². The number of anilines is 1. The number of H-pyrrole nitrogens is 1. The Balaban J connectivity index is 1.15. The van der Waals surface area contributed by atoms with Crippen molar-refractivity contribution >= 4 is 34.6 Å². The van der Waals surface area contributed by atoms with E-state index >= 15 is 0 Å². The molecule has 6 rings (SSSR count). The molecule has 0 spiro atoms. The molecule has 2 aromatic carbocycles. The van der Waals surface area contributed by atoms with Crippen molar-refractivity contribution in [2.24, 2.45) is 4.99 Å². The number of halogens is 2. The van der Waals surface area contributed by atoms with Gasteiger partial charge in [-0.25, -0.2) is 4.39 Å². The predicted molar refractivity (Wildman–Crippen MR) is 155 cm³/mol. The molecule has 11 heteroatoms. The van der Waals surface area contributed by atoms with Crippen LogP contribution in [0.25, 0.3) is 0 Å². The second-order valence-electron chi connectivity index (χ2n) is 10.9. The third kappa shape index (κ3) is 5.59. The molecule has 1 amide bonds. The maximum atomic E-state index is 13.5. The zero-order chi connectivity index (χ0) is 28.7. The van der Waals surface area contributed by atoms with E-state index in [1.165, 1.54) is 18.3 Å². The first-order valence-electron chi connectivity index (χ1n) is 13.7. The lowest BCUT2D eigenvalue weighted by Crippen LogP contribution is -2.43. The average molecular weight is 580 g/mol. The molecule has 0 aliphatic carbocycles. The van der Waals surface area contributed by atoms with Gasteiger partial charge in [0, 0.05) is 43.4 Å². The van der Waals surface area contributed by atoms with Crippen LogP contribution in [0.4, 0.5) is 15.8 Å². The van der Waals surface area contributed by atoms with Gasteiger partial charge in [0.05, 0.1) is 27.7 Å². The van der Waals surface area contributed by atoms with Gasteiger partial charge in [0.2, 0.25) is 0 Å². The number of aliphatic imine (C=N–C) groups is 1. The third-order valence-corrected chi connectivity index (χ3v) is 8.29. The number of hydrogen-bond acceptors (Lipinski definition) is 7. The van der Waals surface area contributed by atoms with Crippen molar-refractivity contribution in [1.29, 1.82) is 0 Å². The summed E-state index contributed by atoms with van der Waals surface area (Å²) in [6, 6.07) is 9.64. The van der Waals surface area contributed by atoms with E-state index in [1.54, 1.807) is 6.07 Å². The van der Waals surface area contributed by atoms with Gasteiger partial charge in [0.25, 0.3) is 11.5 Å². The summed E-state index contributed by atoms with van der Waals surface area (Å²) < 4.78 is 19.0. The Morgan fingerprint density at radius 1 is 1.20 bits per heavy atom. The number of rotatable bonds is 8. The second-order valence-corrected chi connectivity index (χ2v) is 11.3. The fraction of sp³-hybridized carbons (Fsp3) is 0.367. The predicted octanol–water partition coefficient (Wildman–Crippen LogP) is 3.75. The molecule has 1 aromatic heterocycles. The van der Waals surface area contributed by atoms with Crippen LogP contribution in [-0.2, 0) is 13.0 Å². The minimum absolute atomic E-state index is 0.0525. The number of carbonyl (C=O) groups excluding carboxylic acids is 1. The normalized spacial score (nSPS) is 17.8. The molecule has 214 valence electrons. The van der Waals surface area contributed by atoms with Gasteiger partial charge in [0.15, 0.2) is 0 Å². The average Bonchev–Trinajstić information content (AvgIpc) is 3.51. The fourth-order valence-electron chi connectivity index (χ4n) is 5.75. The number of amides is 1. The number of likely N-dealkylation sites (tertiary alicyclic amines) is 1. The quantitative estimate of drug-likeness (QED) is 0.375. The van der Waals surface area contributed by atoms with Gasteiger partial charge in [-0.15, -0.1) is 0 Å². The van der Waals surface area contributed by atoms with Crippen LogP contribution in [0.1, 0.15) is 39.9 Å². The van der Waals surface area contributed by atoms with E-state index in [9.17, 15) is 19.1 Å². The van der Waals surface area contributed by atoms with Gasteiger partial charge in [-0.3, -0.25) is 14.6 Å². The van der Waals surface area contributed by atoms with Gasteiger partial charge < -0.3 is 29.9 Å². The number of fused-ring (bicyclic) bond motifs is 2. The third-order valence-electron chi connectivity index (χ3n) is 7.98. The standard InChI is InChI=1S/C30H31ClFN5O4/c1-36-8-5-20(6-9-36)37-15-18-10-17-11-26(35-25(17)13-22(18)30(37)40)28-24(4-7-33-29(28)39)34-14-21(38)16-41-27-12-19(32)2-3-23(27)31/h2-4,7,10,12-13,20-21,38H,5-6,8-9,11,14-16H2,1H3,(H2,33,34,39)/t21-/m1/s1. The van der Waals surface area contributed by atoms with Crippen molar-refractivity contribution in [3.63, 3.8) is 0 Å². The molecule has 4 heterocycles. The number of nitrogens with zero attached hydrogens (tertiary/aromatic N) is 3. The van der Waals surface area contributed by atoms with Gasteiger partial charge in [-0.05, 0) is 68.4 Å². The maximum absolute atomic E-state index is 13.5. The van der Waals surface area contributed by atoms with Crippen LogP contribution in [0.5, 0.6) is 5.75 Å². The molecule has 41 heavy (non-hydrogen) atoms. The summed E-state index contributed by atoms with van der Waals surface area (Å²) in [5.41, 5.74) is 4.55. The van der Waals surface area contributed by atoms with Gasteiger partial charge in [-0.2, -0.15) is 0 Å². The minimum Gasteiger partial charge on any atom is -0.489 e. The highest BCUT2D eigenvalue weighted by atomic mass is 35.5. The smallest absolute Gasteiger partial charge is 0.259 e. The Hall–Kier alpha value is -3.73. The van der Waals surface area contributed by atoms with Crippen LogP contribution in [0, 0.1) is 5.82 Å². The first-order chi connectivity index (χ1) is 19.8. The number of ether oxygens (including phenoxy) is 1. The number of aliphatic hydroxyl groups excluding tert-OH is 1. The van der Waals surface area contributed by atoms with Crippen molar-refractivity contribution in [1.82, 2.24) is 14.8 Å². The summed E-state index contributed by atoms with van der Waals surface area (Å²) in [4.78, 5) is 38.0. The molecule has 0 bridgehead atoms. The minimum atomic E-state index is -0.967. The molecule has 3 aliphatic rings. The number of carbonyl (C=O) groups is 1. The summed E-state index contributed by atoms with van der Waals surface area (Å²) >= 11 is 6.03. The number of benzene rings is 2. The Labute approximate surface area is 241 Å². The molecule has 9 nitrogen and oxygen atoms in total. The van der Waals surface area contributed by atoms with E-state index in [2.05, 4.69) is 28.3 Å². The first kappa shape index (κ1) is 27.4. The molecule has 3 aliphatic heterocycles. The first-order valence-corrected chi connectivity index (χ1v) is 14.1. The van der Waals surface area contributed by atoms with E-state index in [0.29, 0.717) is 41.2 Å². The summed E-state index contributed by atoms with van der Waals surface area (Å²) in [5.74, 6) is -0.301. The lowest BCUT2D eigenvalue weighted by molar-refractivity contribution is 0.0617. The summed E-state index contributed by atoms with van der Waals surface area (Å²) in [7, 11) is 2.11. The van der Waals surface area contributed by atoms with Crippen molar-refractivity contribution in [3.05, 3.63) is 86.0 Å². The zero-order valence-electron chi connectivity index (χ0n) is 22.6. The second kappa shape index (κ2) is 11.3. The van der Waals surface area contributed by atoms with E-state index in [4.69, 9.17) is 21.3 Å². The van der Waals surface area contributed by atoms with Crippen molar-refractivity contribution in [3.8, 4) is 5.75 Å². The highest BCUT2D eigenvalue weighted by Gasteiger charge is 2.35. The molecule has 3 aromatic rings. The molecular formula is C30H31ClFN5O4. The maximum Gasteiger partial charge on any atom is 0.259 e. The SMILES string of the molecule is CN1CCC(N2Cc3cc4c(cc3C2=O)N=C(c2c(NC[C@@H](O)COc3cc(F)ccc3Cl)cc[nH]c2=O)C4)CC1. The number of hydrogen-bond donors (Lipinski definition) is 3. The van der Waals surface area contributed by atoms with Crippen molar-refractivity contribution in [2.75, 3.05) is 38.6 Å². The summed E-state index contributed by atoms with van der Waals surface area (Å²) in [6.45, 7) is 2.52. The monoisotopic (exact) mass is 579 g/mol. The number of piperidine rings is 1. The van der Waals surface area contributed by atoms with Crippen molar-refractivity contribution in [2.45, 2.75) is 38.0 Å². The molecule has 3 N–H and O–H groups in total. The number of pyridine rings is 1. The number of aromatic amines is 1. The molecule has 0 unspecified atom stereocenters. The Bertz CT molecular complexity index is 1580. The number of aliphatic hydroxyl groups is 1. The largest absolute Gasteiger partial charge is 0.489 e.